The van der Waals surface area contributed by atoms with Crippen molar-refractivity contribution in [3.8, 4) is 0 Å². The molecule has 1 heterocycles. The van der Waals surface area contributed by atoms with Crippen LogP contribution >= 0.6 is 12.4 Å². The monoisotopic (exact) mass is 314 g/mol. The first-order chi connectivity index (χ1) is 9.54. The Kier molecular flexibility index (Phi) is 6.42. The maximum absolute atomic E-state index is 12.2. The van der Waals surface area contributed by atoms with Gasteiger partial charge in [-0.15, -0.1) is 12.4 Å². The van der Waals surface area contributed by atoms with Crippen LogP contribution in [0.1, 0.15) is 58.9 Å². The fraction of sp³-hybridized carbons (Fsp3) is 0.600. The Bertz CT molecular complexity index is 525. The fourth-order valence-corrected chi connectivity index (χ4v) is 2.61. The molecule has 118 valence electrons. The SMILES string of the molecule is CCN[C@H](C)CNC(=O)c1oc2c(c1C)C(=O)CCC2.Cl. The molecule has 0 unspecified atom stereocenters. The fourth-order valence-electron chi connectivity index (χ4n) is 2.61. The molecule has 0 spiro atoms. The van der Waals surface area contributed by atoms with Gasteiger partial charge in [0, 0.05) is 31.0 Å². The lowest BCUT2D eigenvalue weighted by molar-refractivity contribution is 0.0916. The van der Waals surface area contributed by atoms with Crippen LogP contribution in [0.4, 0.5) is 0 Å². The molecule has 1 aromatic heterocycles. The molecule has 2 rings (SSSR count). The Labute approximate surface area is 131 Å². The van der Waals surface area contributed by atoms with Crippen molar-refractivity contribution in [2.75, 3.05) is 13.1 Å². The maximum atomic E-state index is 12.2. The molecule has 0 radical (unpaired) electrons. The minimum atomic E-state index is -0.241. The number of aryl methyl sites for hydroxylation is 1. The van der Waals surface area contributed by atoms with Crippen LogP contribution in [0.15, 0.2) is 4.42 Å². The highest BCUT2D eigenvalue weighted by Crippen LogP contribution is 2.29. The van der Waals surface area contributed by atoms with E-state index >= 15 is 0 Å². The lowest BCUT2D eigenvalue weighted by atomic mass is 9.94. The van der Waals surface area contributed by atoms with Crippen LogP contribution in [-0.2, 0) is 6.42 Å². The third-order valence-corrected chi connectivity index (χ3v) is 3.63. The van der Waals surface area contributed by atoms with Crippen LogP contribution in [0.5, 0.6) is 0 Å². The topological polar surface area (TPSA) is 71.3 Å². The third-order valence-electron chi connectivity index (χ3n) is 3.63. The normalized spacial score (nSPS) is 15.1. The van der Waals surface area contributed by atoms with E-state index in [1.807, 2.05) is 13.8 Å². The van der Waals surface area contributed by atoms with Gasteiger partial charge in [0.2, 0.25) is 0 Å². The Balaban J connectivity index is 0.00000220. The van der Waals surface area contributed by atoms with E-state index < -0.39 is 0 Å². The van der Waals surface area contributed by atoms with E-state index in [9.17, 15) is 9.59 Å². The standard InChI is InChI=1S/C15H22N2O3.ClH/c1-4-16-9(2)8-17-15(19)14-10(3)13-11(18)6-5-7-12(13)20-14;/h9,16H,4-8H2,1-3H3,(H,17,19);1H/t9-;/m1./s1. The largest absolute Gasteiger partial charge is 0.455 e. The highest BCUT2D eigenvalue weighted by Gasteiger charge is 2.28. The number of ketones is 1. The number of hydrogen-bond acceptors (Lipinski definition) is 4. The van der Waals surface area contributed by atoms with Gasteiger partial charge in [-0.3, -0.25) is 9.59 Å². The second-order valence-corrected chi connectivity index (χ2v) is 5.30. The lowest BCUT2D eigenvalue weighted by Crippen LogP contribution is -2.38. The molecule has 0 saturated carbocycles. The molecule has 1 atom stereocenters. The highest BCUT2D eigenvalue weighted by atomic mass is 35.5. The molecule has 1 aromatic rings. The summed E-state index contributed by atoms with van der Waals surface area (Å²) >= 11 is 0. The van der Waals surface area contributed by atoms with Gasteiger partial charge in [0.25, 0.3) is 5.91 Å². The number of furan rings is 1. The molecule has 6 heteroatoms. The van der Waals surface area contributed by atoms with Crippen molar-refractivity contribution in [3.63, 3.8) is 0 Å². The molecule has 0 fully saturated rings. The number of Topliss-reactive ketones (excluding diaryl/α,β-unsaturated/α-hetero) is 1. The number of fused-ring (bicyclic) bond motifs is 1. The van der Waals surface area contributed by atoms with E-state index in [-0.39, 0.29) is 35.9 Å². The van der Waals surface area contributed by atoms with Gasteiger partial charge in [-0.1, -0.05) is 6.92 Å². The molecular weight excluding hydrogens is 292 g/mol. The van der Waals surface area contributed by atoms with Crippen LogP contribution in [0.2, 0.25) is 0 Å². The van der Waals surface area contributed by atoms with Crippen molar-refractivity contribution in [2.24, 2.45) is 0 Å². The van der Waals surface area contributed by atoms with E-state index in [1.54, 1.807) is 6.92 Å². The summed E-state index contributed by atoms with van der Waals surface area (Å²) in [6.07, 6.45) is 2.09. The minimum absolute atomic E-state index is 0. The van der Waals surface area contributed by atoms with Crippen molar-refractivity contribution < 1.29 is 14.0 Å². The quantitative estimate of drug-likeness (QED) is 0.874. The molecule has 0 bridgehead atoms. The summed E-state index contributed by atoms with van der Waals surface area (Å²) in [6, 6.07) is 0.204. The van der Waals surface area contributed by atoms with Crippen LogP contribution in [0.25, 0.3) is 0 Å². The predicted octanol–water partition coefficient (Wildman–Crippen LogP) is 2.26. The van der Waals surface area contributed by atoms with Crippen LogP contribution in [-0.4, -0.2) is 30.8 Å². The van der Waals surface area contributed by atoms with Crippen molar-refractivity contribution >= 4 is 24.1 Å². The first-order valence-corrected chi connectivity index (χ1v) is 7.21. The maximum Gasteiger partial charge on any atom is 0.287 e. The summed E-state index contributed by atoms with van der Waals surface area (Å²) in [5.74, 6) is 0.805. The van der Waals surface area contributed by atoms with Crippen molar-refractivity contribution in [1.82, 2.24) is 10.6 Å². The molecule has 0 aliphatic heterocycles. The van der Waals surface area contributed by atoms with Gasteiger partial charge in [-0.2, -0.15) is 0 Å². The molecular formula is C15H23ClN2O3. The predicted molar refractivity (Wildman–Crippen MR) is 83.4 cm³/mol. The van der Waals surface area contributed by atoms with Gasteiger partial charge >= 0.3 is 0 Å². The summed E-state index contributed by atoms with van der Waals surface area (Å²) < 4.78 is 5.61. The van der Waals surface area contributed by atoms with Gasteiger partial charge in [-0.25, -0.2) is 0 Å². The van der Waals surface area contributed by atoms with Crippen molar-refractivity contribution in [2.45, 2.75) is 46.1 Å². The Hall–Kier alpha value is -1.33. The highest BCUT2D eigenvalue weighted by molar-refractivity contribution is 6.03. The number of rotatable bonds is 5. The Morgan fingerprint density at radius 2 is 2.10 bits per heavy atom. The molecule has 1 amide bonds. The van der Waals surface area contributed by atoms with Gasteiger partial charge in [0.1, 0.15) is 5.76 Å². The zero-order chi connectivity index (χ0) is 14.7. The summed E-state index contributed by atoms with van der Waals surface area (Å²) in [5, 5.41) is 6.07. The molecule has 1 aliphatic rings. The average molecular weight is 315 g/mol. The molecule has 5 nitrogen and oxygen atoms in total. The van der Waals surface area contributed by atoms with E-state index in [0.717, 1.165) is 19.4 Å². The van der Waals surface area contributed by atoms with Gasteiger partial charge < -0.3 is 15.1 Å². The number of carbonyl (C=O) groups is 2. The van der Waals surface area contributed by atoms with Crippen LogP contribution < -0.4 is 10.6 Å². The van der Waals surface area contributed by atoms with Gasteiger partial charge in [0.05, 0.1) is 5.56 Å². The zero-order valence-electron chi connectivity index (χ0n) is 12.7. The van der Waals surface area contributed by atoms with E-state index in [2.05, 4.69) is 10.6 Å². The number of carbonyl (C=O) groups excluding carboxylic acids is 2. The average Bonchev–Trinajstić information content (AvgIpc) is 2.75. The van der Waals surface area contributed by atoms with Crippen molar-refractivity contribution in [1.29, 1.82) is 0 Å². The molecule has 1 aliphatic carbocycles. The summed E-state index contributed by atoms with van der Waals surface area (Å²) in [5.41, 5.74) is 1.31. The number of nitrogens with one attached hydrogen (secondary N) is 2. The number of halogens is 1. The van der Waals surface area contributed by atoms with Gasteiger partial charge in [0.15, 0.2) is 11.5 Å². The Morgan fingerprint density at radius 1 is 1.38 bits per heavy atom. The number of hydrogen-bond donors (Lipinski definition) is 2. The number of likely N-dealkylation sites (N-methyl/N-ethyl adjacent to an activating group) is 1. The number of amides is 1. The van der Waals surface area contributed by atoms with Crippen LogP contribution in [0, 0.1) is 6.92 Å². The van der Waals surface area contributed by atoms with Gasteiger partial charge in [-0.05, 0) is 26.8 Å². The summed E-state index contributed by atoms with van der Waals surface area (Å²) in [7, 11) is 0. The second kappa shape index (κ2) is 7.61. The lowest BCUT2D eigenvalue weighted by Gasteiger charge is -2.12. The minimum Gasteiger partial charge on any atom is -0.455 e. The molecule has 21 heavy (non-hydrogen) atoms. The van der Waals surface area contributed by atoms with Crippen LogP contribution in [0.3, 0.4) is 0 Å². The Morgan fingerprint density at radius 3 is 2.71 bits per heavy atom. The zero-order valence-corrected chi connectivity index (χ0v) is 13.6. The molecule has 0 saturated heterocycles. The van der Waals surface area contributed by atoms with Crippen molar-refractivity contribution in [3.05, 3.63) is 22.6 Å². The summed E-state index contributed by atoms with van der Waals surface area (Å²) in [4.78, 5) is 24.0. The van der Waals surface area contributed by atoms with E-state index in [4.69, 9.17) is 4.42 Å². The summed E-state index contributed by atoms with van der Waals surface area (Å²) in [6.45, 7) is 7.21. The molecule has 2 N–H and O–H groups in total. The second-order valence-electron chi connectivity index (χ2n) is 5.30. The third kappa shape index (κ3) is 3.86. The van der Waals surface area contributed by atoms with E-state index in [1.165, 1.54) is 0 Å². The molecule has 0 aromatic carbocycles. The first kappa shape index (κ1) is 17.7. The van der Waals surface area contributed by atoms with E-state index in [0.29, 0.717) is 29.9 Å². The smallest absolute Gasteiger partial charge is 0.287 e. The first-order valence-electron chi connectivity index (χ1n) is 7.21.